The van der Waals surface area contributed by atoms with Crippen molar-refractivity contribution in [2.45, 2.75) is 78.4 Å². The molecule has 0 radical (unpaired) electrons. The molecule has 0 saturated heterocycles. The van der Waals surface area contributed by atoms with E-state index in [-0.39, 0.29) is 12.0 Å². The molecule has 0 aliphatic carbocycles. The minimum absolute atomic E-state index is 0.0275. The molecule has 0 saturated carbocycles. The second kappa shape index (κ2) is 8.29. The van der Waals surface area contributed by atoms with Crippen LogP contribution < -0.4 is 16.2 Å². The average Bonchev–Trinajstić information content (AvgIpc) is 2.60. The third kappa shape index (κ3) is 4.69. The van der Waals surface area contributed by atoms with Gasteiger partial charge in [-0.3, -0.25) is 9.79 Å². The predicted octanol–water partition coefficient (Wildman–Crippen LogP) is 2.93. The smallest absolute Gasteiger partial charge is 0.306 e. The predicted molar refractivity (Wildman–Crippen MR) is 110 cm³/mol. The molecule has 3 atom stereocenters. The van der Waals surface area contributed by atoms with Gasteiger partial charge in [0.05, 0.1) is 12.0 Å². The molecule has 1 aliphatic rings. The van der Waals surface area contributed by atoms with Gasteiger partial charge in [0.1, 0.15) is 17.1 Å². The summed E-state index contributed by atoms with van der Waals surface area (Å²) in [5, 5.41) is 19.9. The molecule has 1 aromatic carbocycles. The SMILES string of the molecule is Cc1c(C)c2c(c(C)c1O)CCC(C)(CCC(CC(C)N=C(N)N)C(=O)O)O2. The van der Waals surface area contributed by atoms with Crippen LogP contribution >= 0.6 is 0 Å². The summed E-state index contributed by atoms with van der Waals surface area (Å²) >= 11 is 0. The number of phenols is 1. The van der Waals surface area contributed by atoms with Gasteiger partial charge in [-0.2, -0.15) is 0 Å². The first-order valence-corrected chi connectivity index (χ1v) is 9.77. The van der Waals surface area contributed by atoms with E-state index in [1.807, 2.05) is 34.6 Å². The average molecular weight is 392 g/mol. The van der Waals surface area contributed by atoms with Crippen LogP contribution in [0.4, 0.5) is 0 Å². The Morgan fingerprint density at radius 2 is 1.89 bits per heavy atom. The summed E-state index contributed by atoms with van der Waals surface area (Å²) in [4.78, 5) is 15.7. The highest BCUT2D eigenvalue weighted by Gasteiger charge is 2.35. The number of aliphatic imine (C=N–C) groups is 1. The minimum atomic E-state index is -0.842. The Labute approximate surface area is 166 Å². The Hall–Kier alpha value is -2.44. The number of aromatic hydroxyl groups is 1. The third-order valence-electron chi connectivity index (χ3n) is 5.96. The van der Waals surface area contributed by atoms with Crippen molar-refractivity contribution < 1.29 is 19.7 Å². The van der Waals surface area contributed by atoms with Crippen LogP contribution in [0, 0.1) is 26.7 Å². The Morgan fingerprint density at radius 3 is 2.46 bits per heavy atom. The van der Waals surface area contributed by atoms with Crippen LogP contribution in [0.3, 0.4) is 0 Å². The molecule has 156 valence electrons. The summed E-state index contributed by atoms with van der Waals surface area (Å²) in [6.45, 7) is 9.60. The number of phenolic OH excluding ortho intramolecular Hbond substituents is 1. The van der Waals surface area contributed by atoms with Gasteiger partial charge in [0.2, 0.25) is 0 Å². The van der Waals surface area contributed by atoms with Gasteiger partial charge in [-0.25, -0.2) is 0 Å². The van der Waals surface area contributed by atoms with E-state index in [1.54, 1.807) is 0 Å². The van der Waals surface area contributed by atoms with Crippen LogP contribution in [0.1, 0.15) is 61.8 Å². The normalized spacial score (nSPS) is 20.6. The molecule has 1 aliphatic heterocycles. The maximum atomic E-state index is 11.7. The van der Waals surface area contributed by atoms with E-state index >= 15 is 0 Å². The standard InChI is InChI=1S/C21H33N3O4/c1-11(24-20(22)23)10-15(19(26)27)6-8-21(5)9-7-16-14(4)17(25)12(2)13(3)18(16)28-21/h11,15,25H,6-10H2,1-5H3,(H,26,27)(H4,22,23,24). The molecule has 0 bridgehead atoms. The van der Waals surface area contributed by atoms with Crippen molar-refractivity contribution in [1.29, 1.82) is 0 Å². The molecule has 3 unspecified atom stereocenters. The monoisotopic (exact) mass is 391 g/mol. The van der Waals surface area contributed by atoms with Crippen molar-refractivity contribution in [3.8, 4) is 11.5 Å². The molecule has 0 amide bonds. The lowest BCUT2D eigenvalue weighted by Gasteiger charge is -2.38. The fourth-order valence-corrected chi connectivity index (χ4v) is 4.01. The maximum absolute atomic E-state index is 11.7. The Balaban J connectivity index is 2.14. The van der Waals surface area contributed by atoms with E-state index in [1.165, 1.54) is 0 Å². The van der Waals surface area contributed by atoms with Gasteiger partial charge in [0.15, 0.2) is 5.96 Å². The largest absolute Gasteiger partial charge is 0.507 e. The molecule has 28 heavy (non-hydrogen) atoms. The van der Waals surface area contributed by atoms with Gasteiger partial charge >= 0.3 is 5.97 Å². The quantitative estimate of drug-likeness (QED) is 0.417. The lowest BCUT2D eigenvalue weighted by atomic mass is 9.82. The number of carbonyl (C=O) groups is 1. The van der Waals surface area contributed by atoms with Gasteiger partial charge < -0.3 is 26.4 Å². The third-order valence-corrected chi connectivity index (χ3v) is 5.96. The van der Waals surface area contributed by atoms with Crippen molar-refractivity contribution in [2.75, 3.05) is 0 Å². The van der Waals surface area contributed by atoms with Gasteiger partial charge in [-0.15, -0.1) is 0 Å². The molecule has 7 nitrogen and oxygen atoms in total. The van der Waals surface area contributed by atoms with Crippen molar-refractivity contribution >= 4 is 11.9 Å². The molecule has 6 N–H and O–H groups in total. The van der Waals surface area contributed by atoms with E-state index in [0.717, 1.165) is 40.8 Å². The fraction of sp³-hybridized carbons (Fsp3) is 0.619. The summed E-state index contributed by atoms with van der Waals surface area (Å²) < 4.78 is 6.39. The summed E-state index contributed by atoms with van der Waals surface area (Å²) in [6, 6.07) is -0.248. The second-order valence-corrected chi connectivity index (χ2v) is 8.30. The van der Waals surface area contributed by atoms with Crippen molar-refractivity contribution in [2.24, 2.45) is 22.4 Å². The van der Waals surface area contributed by atoms with E-state index < -0.39 is 17.5 Å². The maximum Gasteiger partial charge on any atom is 0.306 e. The topological polar surface area (TPSA) is 131 Å². The number of benzene rings is 1. The van der Waals surface area contributed by atoms with Crippen LogP contribution in [0.15, 0.2) is 4.99 Å². The summed E-state index contributed by atoms with van der Waals surface area (Å²) in [5.41, 5.74) is 14.0. The van der Waals surface area contributed by atoms with E-state index in [9.17, 15) is 15.0 Å². The minimum Gasteiger partial charge on any atom is -0.507 e. The number of nitrogens with two attached hydrogens (primary N) is 2. The van der Waals surface area contributed by atoms with Crippen molar-refractivity contribution in [3.05, 3.63) is 22.3 Å². The number of nitrogens with zero attached hydrogens (tertiary/aromatic N) is 1. The lowest BCUT2D eigenvalue weighted by molar-refractivity contribution is -0.142. The van der Waals surface area contributed by atoms with Crippen LogP contribution in [0.2, 0.25) is 0 Å². The number of carboxylic acid groups (broad SMARTS) is 1. The zero-order valence-corrected chi connectivity index (χ0v) is 17.5. The van der Waals surface area contributed by atoms with Gasteiger partial charge in [-0.05, 0) is 83.4 Å². The van der Waals surface area contributed by atoms with E-state index in [4.69, 9.17) is 16.2 Å². The second-order valence-electron chi connectivity index (χ2n) is 8.30. The molecule has 0 fully saturated rings. The fourth-order valence-electron chi connectivity index (χ4n) is 4.01. The number of fused-ring (bicyclic) bond motifs is 1. The van der Waals surface area contributed by atoms with Crippen molar-refractivity contribution in [3.63, 3.8) is 0 Å². The molecule has 7 heteroatoms. The van der Waals surface area contributed by atoms with Crippen LogP contribution in [0.25, 0.3) is 0 Å². The molecular formula is C21H33N3O4. The zero-order valence-electron chi connectivity index (χ0n) is 17.5. The summed E-state index contributed by atoms with van der Waals surface area (Å²) in [7, 11) is 0. The number of hydrogen-bond donors (Lipinski definition) is 4. The van der Waals surface area contributed by atoms with E-state index in [0.29, 0.717) is 25.0 Å². The zero-order chi connectivity index (χ0) is 21.2. The first-order chi connectivity index (χ1) is 12.9. The molecule has 1 heterocycles. The Morgan fingerprint density at radius 1 is 1.25 bits per heavy atom. The van der Waals surface area contributed by atoms with Crippen LogP contribution in [-0.4, -0.2) is 33.8 Å². The Bertz CT molecular complexity index is 787. The summed E-state index contributed by atoms with van der Waals surface area (Å²) in [5.74, 6) is -0.236. The number of hydrogen-bond acceptors (Lipinski definition) is 4. The van der Waals surface area contributed by atoms with Crippen LogP contribution in [0.5, 0.6) is 11.5 Å². The molecular weight excluding hydrogens is 358 g/mol. The molecule has 2 rings (SSSR count). The van der Waals surface area contributed by atoms with Gasteiger partial charge in [0, 0.05) is 5.56 Å². The van der Waals surface area contributed by atoms with Crippen molar-refractivity contribution in [1.82, 2.24) is 0 Å². The Kier molecular flexibility index (Phi) is 6.47. The number of rotatable bonds is 7. The number of carboxylic acids is 1. The number of guanidine groups is 1. The van der Waals surface area contributed by atoms with Crippen LogP contribution in [-0.2, 0) is 11.2 Å². The first-order valence-electron chi connectivity index (χ1n) is 9.77. The first kappa shape index (κ1) is 21.9. The molecule has 0 spiro atoms. The number of aliphatic carboxylic acids is 1. The van der Waals surface area contributed by atoms with E-state index in [2.05, 4.69) is 4.99 Å². The number of ether oxygens (including phenoxy) is 1. The lowest BCUT2D eigenvalue weighted by Crippen LogP contribution is -2.38. The molecule has 0 aromatic heterocycles. The highest BCUT2D eigenvalue weighted by Crippen LogP contribution is 2.44. The molecule has 1 aromatic rings. The van der Waals surface area contributed by atoms with Gasteiger partial charge in [0.25, 0.3) is 0 Å². The van der Waals surface area contributed by atoms with Gasteiger partial charge in [-0.1, -0.05) is 0 Å². The highest BCUT2D eigenvalue weighted by atomic mass is 16.5. The highest BCUT2D eigenvalue weighted by molar-refractivity contribution is 5.76. The summed E-state index contributed by atoms with van der Waals surface area (Å²) in [6.07, 6.45) is 3.06.